The third-order valence-electron chi connectivity index (χ3n) is 2.70. The fourth-order valence-corrected chi connectivity index (χ4v) is 1.62. The maximum Gasteiger partial charge on any atom is 0.159 e. The Morgan fingerprint density at radius 2 is 1.82 bits per heavy atom. The van der Waals surface area contributed by atoms with Gasteiger partial charge in [0.1, 0.15) is 0 Å². The normalized spacial score (nSPS) is 14.6. The van der Waals surface area contributed by atoms with E-state index in [1.165, 1.54) is 0 Å². The number of ether oxygens (including phenoxy) is 1. The summed E-state index contributed by atoms with van der Waals surface area (Å²) in [5.41, 5.74) is 0.771. The SMILES string of the molecule is CC/C=C(\C=C/C(C)OC(CC)CC)C(C)=O. The van der Waals surface area contributed by atoms with Gasteiger partial charge in [0.25, 0.3) is 0 Å². The minimum absolute atomic E-state index is 0.0551. The van der Waals surface area contributed by atoms with Crippen LogP contribution < -0.4 is 0 Å². The second-order valence-electron chi connectivity index (χ2n) is 4.26. The molecule has 0 amide bonds. The summed E-state index contributed by atoms with van der Waals surface area (Å²) in [6.07, 6.45) is 9.08. The quantitative estimate of drug-likeness (QED) is 0.471. The van der Waals surface area contributed by atoms with E-state index in [1.807, 2.05) is 32.1 Å². The molecule has 0 rings (SSSR count). The third-order valence-corrected chi connectivity index (χ3v) is 2.70. The zero-order valence-electron chi connectivity index (χ0n) is 11.8. The lowest BCUT2D eigenvalue weighted by atomic mass is 10.1. The molecule has 0 fully saturated rings. The van der Waals surface area contributed by atoms with Crippen LogP contribution in [0.25, 0.3) is 0 Å². The summed E-state index contributed by atoms with van der Waals surface area (Å²) in [7, 11) is 0. The van der Waals surface area contributed by atoms with E-state index in [1.54, 1.807) is 6.92 Å². The Morgan fingerprint density at radius 1 is 1.24 bits per heavy atom. The molecule has 1 unspecified atom stereocenters. The number of hydrogen-bond donors (Lipinski definition) is 0. The first-order valence-electron chi connectivity index (χ1n) is 6.59. The van der Waals surface area contributed by atoms with E-state index in [0.29, 0.717) is 6.10 Å². The summed E-state index contributed by atoms with van der Waals surface area (Å²) in [4.78, 5) is 11.3. The second kappa shape index (κ2) is 9.17. The first-order chi connectivity index (χ1) is 8.04. The summed E-state index contributed by atoms with van der Waals surface area (Å²) in [6.45, 7) is 9.89. The van der Waals surface area contributed by atoms with Crippen molar-refractivity contribution in [1.29, 1.82) is 0 Å². The van der Waals surface area contributed by atoms with Crippen molar-refractivity contribution in [3.63, 3.8) is 0 Å². The number of hydrogen-bond acceptors (Lipinski definition) is 2. The Kier molecular flexibility index (Phi) is 8.69. The summed E-state index contributed by atoms with van der Waals surface area (Å²) in [5, 5.41) is 0. The highest BCUT2D eigenvalue weighted by Gasteiger charge is 2.07. The van der Waals surface area contributed by atoms with Gasteiger partial charge < -0.3 is 4.74 Å². The molecule has 0 saturated carbocycles. The molecule has 17 heavy (non-hydrogen) atoms. The Bertz CT molecular complexity index is 273. The van der Waals surface area contributed by atoms with E-state index in [9.17, 15) is 4.79 Å². The lowest BCUT2D eigenvalue weighted by Crippen LogP contribution is -2.16. The van der Waals surface area contributed by atoms with Crippen molar-refractivity contribution in [3.8, 4) is 0 Å². The molecule has 0 saturated heterocycles. The Morgan fingerprint density at radius 3 is 2.24 bits per heavy atom. The number of carbonyl (C=O) groups excluding carboxylic acids is 1. The highest BCUT2D eigenvalue weighted by Crippen LogP contribution is 2.09. The zero-order valence-corrected chi connectivity index (χ0v) is 11.8. The highest BCUT2D eigenvalue weighted by molar-refractivity contribution is 5.95. The molecule has 0 aliphatic heterocycles. The molecule has 0 aliphatic rings. The van der Waals surface area contributed by atoms with Crippen LogP contribution in [0.4, 0.5) is 0 Å². The summed E-state index contributed by atoms with van der Waals surface area (Å²) in [6, 6.07) is 0. The van der Waals surface area contributed by atoms with Gasteiger partial charge in [-0.15, -0.1) is 0 Å². The van der Waals surface area contributed by atoms with E-state index in [0.717, 1.165) is 24.8 Å². The van der Waals surface area contributed by atoms with E-state index < -0.39 is 0 Å². The van der Waals surface area contributed by atoms with Crippen LogP contribution >= 0.6 is 0 Å². The number of Topliss-reactive ketones (excluding diaryl/α,β-unsaturated/α-hetero) is 1. The summed E-state index contributed by atoms with van der Waals surface area (Å²) in [5.74, 6) is 0.109. The Hall–Kier alpha value is -0.890. The molecule has 0 aliphatic carbocycles. The maximum atomic E-state index is 11.3. The van der Waals surface area contributed by atoms with Crippen LogP contribution in [0.2, 0.25) is 0 Å². The van der Waals surface area contributed by atoms with Crippen LogP contribution in [0, 0.1) is 0 Å². The van der Waals surface area contributed by atoms with Crippen molar-refractivity contribution >= 4 is 5.78 Å². The van der Waals surface area contributed by atoms with Gasteiger partial charge in [0, 0.05) is 5.57 Å². The van der Waals surface area contributed by atoms with Crippen LogP contribution in [-0.4, -0.2) is 18.0 Å². The first kappa shape index (κ1) is 16.1. The number of rotatable bonds is 8. The topological polar surface area (TPSA) is 26.3 Å². The molecule has 0 bridgehead atoms. The average molecular weight is 238 g/mol. The van der Waals surface area contributed by atoms with E-state index >= 15 is 0 Å². The lowest BCUT2D eigenvalue weighted by Gasteiger charge is -2.17. The van der Waals surface area contributed by atoms with Crippen LogP contribution in [0.3, 0.4) is 0 Å². The molecule has 2 nitrogen and oxygen atoms in total. The predicted octanol–water partition coefficient (Wildman–Crippen LogP) is 4.06. The average Bonchev–Trinajstić information content (AvgIpc) is 2.30. The van der Waals surface area contributed by atoms with Crippen molar-refractivity contribution in [2.24, 2.45) is 0 Å². The largest absolute Gasteiger partial charge is 0.371 e. The molecular weight excluding hydrogens is 212 g/mol. The zero-order chi connectivity index (χ0) is 13.3. The standard InChI is InChI=1S/C15H26O2/c1-6-9-14(13(5)16)11-10-12(4)17-15(7-2)8-3/h9-12,15H,6-8H2,1-5H3/b11-10-,14-9+. The van der Waals surface area contributed by atoms with Gasteiger partial charge in [-0.25, -0.2) is 0 Å². The Balaban J connectivity index is 4.39. The molecule has 0 aromatic carbocycles. The molecule has 0 N–H and O–H groups in total. The molecule has 0 radical (unpaired) electrons. The van der Waals surface area contributed by atoms with Gasteiger partial charge in [0.05, 0.1) is 12.2 Å². The van der Waals surface area contributed by atoms with Crippen molar-refractivity contribution in [1.82, 2.24) is 0 Å². The number of allylic oxidation sites excluding steroid dienone is 3. The van der Waals surface area contributed by atoms with E-state index in [2.05, 4.69) is 13.8 Å². The minimum atomic E-state index is 0.0551. The minimum Gasteiger partial charge on any atom is -0.371 e. The molecular formula is C15H26O2. The van der Waals surface area contributed by atoms with Gasteiger partial charge in [-0.2, -0.15) is 0 Å². The summed E-state index contributed by atoms with van der Waals surface area (Å²) >= 11 is 0. The Labute approximate surface area is 106 Å². The molecule has 0 aromatic heterocycles. The van der Waals surface area contributed by atoms with Gasteiger partial charge in [-0.05, 0) is 33.1 Å². The van der Waals surface area contributed by atoms with Gasteiger partial charge in [0.2, 0.25) is 0 Å². The maximum absolute atomic E-state index is 11.3. The van der Waals surface area contributed by atoms with Crippen LogP contribution in [0.1, 0.15) is 53.9 Å². The van der Waals surface area contributed by atoms with Gasteiger partial charge >= 0.3 is 0 Å². The van der Waals surface area contributed by atoms with Crippen molar-refractivity contribution < 1.29 is 9.53 Å². The van der Waals surface area contributed by atoms with Crippen LogP contribution in [-0.2, 0) is 9.53 Å². The molecule has 2 heteroatoms. The van der Waals surface area contributed by atoms with Gasteiger partial charge in [0.15, 0.2) is 5.78 Å². The van der Waals surface area contributed by atoms with Crippen molar-refractivity contribution in [2.75, 3.05) is 0 Å². The molecule has 98 valence electrons. The molecule has 0 heterocycles. The lowest BCUT2D eigenvalue weighted by molar-refractivity contribution is -0.113. The van der Waals surface area contributed by atoms with Crippen molar-refractivity contribution in [3.05, 3.63) is 23.8 Å². The second-order valence-corrected chi connectivity index (χ2v) is 4.26. The van der Waals surface area contributed by atoms with Gasteiger partial charge in [-0.3, -0.25) is 4.79 Å². The smallest absolute Gasteiger partial charge is 0.159 e. The fraction of sp³-hybridized carbons (Fsp3) is 0.667. The third kappa shape index (κ3) is 7.11. The van der Waals surface area contributed by atoms with Crippen LogP contribution in [0.15, 0.2) is 23.8 Å². The predicted molar refractivity (Wildman–Crippen MR) is 73.1 cm³/mol. The monoisotopic (exact) mass is 238 g/mol. The van der Waals surface area contributed by atoms with E-state index in [-0.39, 0.29) is 11.9 Å². The first-order valence-corrected chi connectivity index (χ1v) is 6.59. The molecule has 0 spiro atoms. The van der Waals surface area contributed by atoms with Gasteiger partial charge in [-0.1, -0.05) is 39.0 Å². The molecule has 1 atom stereocenters. The van der Waals surface area contributed by atoms with Crippen molar-refractivity contribution in [2.45, 2.75) is 66.1 Å². The summed E-state index contributed by atoms with van der Waals surface area (Å²) < 4.78 is 5.83. The molecule has 0 aromatic rings. The highest BCUT2D eigenvalue weighted by atomic mass is 16.5. The number of carbonyl (C=O) groups is 1. The van der Waals surface area contributed by atoms with E-state index in [4.69, 9.17) is 4.74 Å². The fourth-order valence-electron chi connectivity index (χ4n) is 1.62. The number of ketones is 1. The van der Waals surface area contributed by atoms with Crippen LogP contribution in [0.5, 0.6) is 0 Å².